The zero-order valence-corrected chi connectivity index (χ0v) is 12.9. The zero-order chi connectivity index (χ0) is 14.1. The summed E-state index contributed by atoms with van der Waals surface area (Å²) in [5.74, 6) is 0.575. The minimum absolute atomic E-state index is 0.283. The van der Waals surface area contributed by atoms with Crippen molar-refractivity contribution >= 4 is 0 Å². The van der Waals surface area contributed by atoms with Crippen LogP contribution in [-0.4, -0.2) is 10.7 Å². The molecule has 0 aliphatic heterocycles. The van der Waals surface area contributed by atoms with E-state index in [0.29, 0.717) is 5.92 Å². The molecule has 0 heterocycles. The molecule has 1 atom stereocenters. The molecule has 19 heavy (non-hydrogen) atoms. The van der Waals surface area contributed by atoms with Crippen molar-refractivity contribution in [2.24, 2.45) is 5.41 Å². The molecule has 1 heteroatoms. The molecular formula is C18H28O. The van der Waals surface area contributed by atoms with Crippen molar-refractivity contribution in [1.29, 1.82) is 0 Å². The summed E-state index contributed by atoms with van der Waals surface area (Å²) in [6, 6.07) is 8.79. The average molecular weight is 260 g/mol. The van der Waals surface area contributed by atoms with Crippen molar-refractivity contribution in [1.82, 2.24) is 0 Å². The summed E-state index contributed by atoms with van der Waals surface area (Å²) in [4.78, 5) is 0. The van der Waals surface area contributed by atoms with Crippen LogP contribution < -0.4 is 0 Å². The standard InChI is InChI=1S/C18H28O/c1-14(2)16-8-6-15(7-9-16)12-18(19)11-5-10-17(3,4)13-18/h6-9,14,19H,5,10-13H2,1-4H3. The number of benzene rings is 1. The quantitative estimate of drug-likeness (QED) is 0.836. The van der Waals surface area contributed by atoms with E-state index in [1.165, 1.54) is 17.5 Å². The molecule has 106 valence electrons. The van der Waals surface area contributed by atoms with E-state index in [0.717, 1.165) is 25.7 Å². The van der Waals surface area contributed by atoms with Gasteiger partial charge >= 0.3 is 0 Å². The Hall–Kier alpha value is -0.820. The van der Waals surface area contributed by atoms with Gasteiger partial charge in [0.1, 0.15) is 0 Å². The second-order valence-electron chi connectivity index (χ2n) is 7.49. The van der Waals surface area contributed by atoms with Crippen LogP contribution in [0.25, 0.3) is 0 Å². The highest BCUT2D eigenvalue weighted by Crippen LogP contribution is 2.42. The van der Waals surface area contributed by atoms with Crippen LogP contribution in [0.2, 0.25) is 0 Å². The molecule has 1 nitrogen and oxygen atoms in total. The maximum Gasteiger partial charge on any atom is 0.0693 e. The predicted molar refractivity (Wildman–Crippen MR) is 81.4 cm³/mol. The van der Waals surface area contributed by atoms with Gasteiger partial charge in [-0.2, -0.15) is 0 Å². The predicted octanol–water partition coefficient (Wildman–Crippen LogP) is 4.68. The highest BCUT2D eigenvalue weighted by molar-refractivity contribution is 5.26. The summed E-state index contributed by atoms with van der Waals surface area (Å²) < 4.78 is 0. The van der Waals surface area contributed by atoms with Crippen molar-refractivity contribution in [3.05, 3.63) is 35.4 Å². The number of hydrogen-bond donors (Lipinski definition) is 1. The minimum atomic E-state index is -0.499. The Bertz CT molecular complexity index is 416. The number of hydrogen-bond acceptors (Lipinski definition) is 1. The van der Waals surface area contributed by atoms with Gasteiger partial charge < -0.3 is 5.11 Å². The summed E-state index contributed by atoms with van der Waals surface area (Å²) >= 11 is 0. The first-order valence-corrected chi connectivity index (χ1v) is 7.61. The zero-order valence-electron chi connectivity index (χ0n) is 12.9. The van der Waals surface area contributed by atoms with Gasteiger partial charge in [-0.15, -0.1) is 0 Å². The Labute approximate surface area is 118 Å². The van der Waals surface area contributed by atoms with Crippen molar-refractivity contribution in [2.45, 2.75) is 71.3 Å². The average Bonchev–Trinajstić information content (AvgIpc) is 2.27. The molecule has 2 rings (SSSR count). The van der Waals surface area contributed by atoms with E-state index >= 15 is 0 Å². The minimum Gasteiger partial charge on any atom is -0.390 e. The van der Waals surface area contributed by atoms with Crippen molar-refractivity contribution in [3.8, 4) is 0 Å². The maximum atomic E-state index is 10.8. The number of rotatable bonds is 3. The molecule has 1 fully saturated rings. The van der Waals surface area contributed by atoms with Crippen LogP contribution >= 0.6 is 0 Å². The molecule has 1 aliphatic carbocycles. The van der Waals surface area contributed by atoms with Gasteiger partial charge in [0.05, 0.1) is 5.60 Å². The van der Waals surface area contributed by atoms with Crippen molar-refractivity contribution in [3.63, 3.8) is 0 Å². The third-order valence-electron chi connectivity index (χ3n) is 4.48. The van der Waals surface area contributed by atoms with E-state index in [9.17, 15) is 5.11 Å². The van der Waals surface area contributed by atoms with Crippen LogP contribution in [0.4, 0.5) is 0 Å². The lowest BCUT2D eigenvalue weighted by molar-refractivity contribution is -0.0382. The molecule has 1 aromatic carbocycles. The normalized spacial score (nSPS) is 26.6. The second-order valence-corrected chi connectivity index (χ2v) is 7.49. The topological polar surface area (TPSA) is 20.2 Å². The van der Waals surface area contributed by atoms with Crippen LogP contribution in [0.1, 0.15) is 70.4 Å². The van der Waals surface area contributed by atoms with Crippen LogP contribution in [0, 0.1) is 5.41 Å². The van der Waals surface area contributed by atoms with E-state index in [2.05, 4.69) is 52.0 Å². The molecule has 0 saturated heterocycles. The third-order valence-corrected chi connectivity index (χ3v) is 4.48. The van der Waals surface area contributed by atoms with Gasteiger partial charge in [0.25, 0.3) is 0 Å². The molecule has 0 bridgehead atoms. The molecule has 0 aromatic heterocycles. The van der Waals surface area contributed by atoms with Gasteiger partial charge in [-0.05, 0) is 41.7 Å². The number of aliphatic hydroxyl groups is 1. The Morgan fingerprint density at radius 1 is 1.11 bits per heavy atom. The third kappa shape index (κ3) is 3.82. The SMILES string of the molecule is CC(C)c1ccc(CC2(O)CCCC(C)(C)C2)cc1. The summed E-state index contributed by atoms with van der Waals surface area (Å²) in [5.41, 5.74) is 2.43. The summed E-state index contributed by atoms with van der Waals surface area (Å²) in [6.07, 6.45) is 5.05. The lowest BCUT2D eigenvalue weighted by Crippen LogP contribution is -2.40. The fraction of sp³-hybridized carbons (Fsp3) is 0.667. The summed E-state index contributed by atoms with van der Waals surface area (Å²) in [6.45, 7) is 8.98. The monoisotopic (exact) mass is 260 g/mol. The smallest absolute Gasteiger partial charge is 0.0693 e. The van der Waals surface area contributed by atoms with Gasteiger partial charge in [0.2, 0.25) is 0 Å². The van der Waals surface area contributed by atoms with Crippen LogP contribution in [0.15, 0.2) is 24.3 Å². The van der Waals surface area contributed by atoms with Gasteiger partial charge in [-0.3, -0.25) is 0 Å². The first-order chi connectivity index (χ1) is 8.80. The molecule has 0 spiro atoms. The highest BCUT2D eigenvalue weighted by Gasteiger charge is 2.38. The van der Waals surface area contributed by atoms with Crippen LogP contribution in [0.5, 0.6) is 0 Å². The largest absolute Gasteiger partial charge is 0.390 e. The molecule has 0 radical (unpaired) electrons. The van der Waals surface area contributed by atoms with Gasteiger partial charge in [0, 0.05) is 6.42 Å². The summed E-state index contributed by atoms with van der Waals surface area (Å²) in [7, 11) is 0. The lowest BCUT2D eigenvalue weighted by Gasteiger charge is -2.41. The molecule has 1 N–H and O–H groups in total. The van der Waals surface area contributed by atoms with E-state index < -0.39 is 5.60 Å². The molecule has 1 saturated carbocycles. The van der Waals surface area contributed by atoms with Gasteiger partial charge in [-0.1, -0.05) is 58.4 Å². The van der Waals surface area contributed by atoms with E-state index in [-0.39, 0.29) is 5.41 Å². The van der Waals surface area contributed by atoms with Crippen molar-refractivity contribution < 1.29 is 5.11 Å². The second kappa shape index (κ2) is 5.28. The highest BCUT2D eigenvalue weighted by atomic mass is 16.3. The van der Waals surface area contributed by atoms with E-state index in [1.54, 1.807) is 0 Å². The first kappa shape index (κ1) is 14.6. The molecule has 1 aromatic rings. The van der Waals surface area contributed by atoms with Crippen LogP contribution in [0.3, 0.4) is 0 Å². The molecule has 0 amide bonds. The molecule has 1 aliphatic rings. The Kier molecular flexibility index (Phi) is 4.06. The Balaban J connectivity index is 2.07. The van der Waals surface area contributed by atoms with Gasteiger partial charge in [0.15, 0.2) is 0 Å². The fourth-order valence-electron chi connectivity index (χ4n) is 3.51. The molecule has 1 unspecified atom stereocenters. The Morgan fingerprint density at radius 3 is 2.26 bits per heavy atom. The van der Waals surface area contributed by atoms with E-state index in [4.69, 9.17) is 0 Å². The van der Waals surface area contributed by atoms with Crippen molar-refractivity contribution in [2.75, 3.05) is 0 Å². The maximum absolute atomic E-state index is 10.8. The first-order valence-electron chi connectivity index (χ1n) is 7.61. The Morgan fingerprint density at radius 2 is 1.74 bits per heavy atom. The molecular weight excluding hydrogens is 232 g/mol. The lowest BCUT2D eigenvalue weighted by atomic mass is 9.68. The van der Waals surface area contributed by atoms with E-state index in [1.807, 2.05) is 0 Å². The van der Waals surface area contributed by atoms with Gasteiger partial charge in [-0.25, -0.2) is 0 Å². The van der Waals surface area contributed by atoms with Crippen LogP contribution in [-0.2, 0) is 6.42 Å². The summed E-state index contributed by atoms with van der Waals surface area (Å²) in [5, 5.41) is 10.8. The fourth-order valence-corrected chi connectivity index (χ4v) is 3.51.